The van der Waals surface area contributed by atoms with E-state index >= 15 is 0 Å². The minimum Gasteiger partial charge on any atom is -0.466 e. The van der Waals surface area contributed by atoms with Crippen molar-refractivity contribution in [1.82, 2.24) is 0 Å². The third-order valence-corrected chi connectivity index (χ3v) is 6.75. The summed E-state index contributed by atoms with van der Waals surface area (Å²) in [5.74, 6) is -1.07. The van der Waals surface area contributed by atoms with Crippen molar-refractivity contribution in [2.45, 2.75) is 40.1 Å². The number of carbonyl (C=O) groups excluding carboxylic acids is 1. The maximum absolute atomic E-state index is 12.1. The molecule has 1 fully saturated rings. The topological polar surface area (TPSA) is 44.8 Å². The molecule has 0 spiro atoms. The van der Waals surface area contributed by atoms with Gasteiger partial charge in [-0.2, -0.15) is 0 Å². The average Bonchev–Trinajstić information content (AvgIpc) is 3.06. The van der Waals surface area contributed by atoms with Gasteiger partial charge >= 0.3 is 5.97 Å². The van der Waals surface area contributed by atoms with Crippen molar-refractivity contribution in [1.29, 1.82) is 0 Å². The Hall–Kier alpha value is -1.73. The Labute approximate surface area is 174 Å². The van der Waals surface area contributed by atoms with E-state index in [1.165, 1.54) is 7.11 Å². The Balaban J connectivity index is 1.94. The van der Waals surface area contributed by atoms with Gasteiger partial charge < -0.3 is 14.2 Å². The summed E-state index contributed by atoms with van der Waals surface area (Å²) in [6, 6.07) is 20.3. The van der Waals surface area contributed by atoms with E-state index in [4.69, 9.17) is 14.2 Å². The van der Waals surface area contributed by atoms with E-state index in [0.29, 0.717) is 6.61 Å². The highest BCUT2D eigenvalue weighted by molar-refractivity contribution is 8.17. The lowest BCUT2D eigenvalue weighted by Gasteiger charge is -2.25. The zero-order valence-corrected chi connectivity index (χ0v) is 17.8. The number of esters is 1. The second-order valence-electron chi connectivity index (χ2n) is 6.68. The molecule has 0 N–H and O–H groups in total. The van der Waals surface area contributed by atoms with Crippen molar-refractivity contribution in [3.63, 3.8) is 0 Å². The minimum absolute atomic E-state index is 0.0774. The van der Waals surface area contributed by atoms with E-state index in [0.717, 1.165) is 15.4 Å². The largest absolute Gasteiger partial charge is 0.466 e. The van der Waals surface area contributed by atoms with E-state index in [1.807, 2.05) is 50.2 Å². The van der Waals surface area contributed by atoms with Gasteiger partial charge in [0, 0.05) is 15.9 Å². The van der Waals surface area contributed by atoms with Gasteiger partial charge in [0.25, 0.3) is 0 Å². The summed E-state index contributed by atoms with van der Waals surface area (Å²) in [6.45, 7) is 4.16. The normalized spacial score (nSPS) is 19.0. The van der Waals surface area contributed by atoms with Gasteiger partial charge in [0.2, 0.25) is 0 Å². The first kappa shape index (κ1) is 21.0. The van der Waals surface area contributed by atoms with Gasteiger partial charge in [0.1, 0.15) is 6.10 Å². The van der Waals surface area contributed by atoms with Gasteiger partial charge in [0.15, 0.2) is 5.79 Å². The Morgan fingerprint density at radius 2 is 1.61 bits per heavy atom. The predicted molar refractivity (Wildman–Crippen MR) is 113 cm³/mol. The van der Waals surface area contributed by atoms with Crippen molar-refractivity contribution in [3.05, 3.63) is 72.3 Å². The first-order valence-electron chi connectivity index (χ1n) is 9.01. The predicted octanol–water partition coefficient (Wildman–Crippen LogP) is 5.15. The summed E-state index contributed by atoms with van der Waals surface area (Å²) >= 11 is 3.36. The highest BCUT2D eigenvalue weighted by Crippen LogP contribution is 2.43. The fraction of sp³-hybridized carbons (Fsp3) is 0.318. The number of hydrogen-bond donors (Lipinski definition) is 0. The lowest BCUT2D eigenvalue weighted by atomic mass is 10.1. The van der Waals surface area contributed by atoms with E-state index in [2.05, 4.69) is 24.3 Å². The van der Waals surface area contributed by atoms with Crippen LogP contribution < -0.4 is 0 Å². The molecule has 1 aliphatic heterocycles. The van der Waals surface area contributed by atoms with Crippen molar-refractivity contribution >= 4 is 29.5 Å². The Morgan fingerprint density at radius 3 is 2.04 bits per heavy atom. The summed E-state index contributed by atoms with van der Waals surface area (Å²) in [5.41, 5.74) is 0.847. The molecular formula is C22H24O4S2. The smallest absolute Gasteiger partial charge is 0.330 e. The maximum Gasteiger partial charge on any atom is 0.330 e. The molecule has 0 radical (unpaired) electrons. The Bertz CT molecular complexity index is 764. The molecule has 6 heteroatoms. The molecule has 1 saturated heterocycles. The van der Waals surface area contributed by atoms with Crippen LogP contribution in [-0.2, 0) is 19.0 Å². The molecule has 28 heavy (non-hydrogen) atoms. The standard InChI is InChI=1S/C22H24O4S2/c1-22(2)25-15-19(26-22)18(14-20(23)24-3)21(27-16-10-6-4-7-11-16)28-17-12-8-5-9-13-17/h4-14,19,21H,15H2,1-3H3/b18-14+. The van der Waals surface area contributed by atoms with Crippen LogP contribution in [0.3, 0.4) is 0 Å². The third-order valence-electron chi connectivity index (χ3n) is 4.11. The monoisotopic (exact) mass is 416 g/mol. The highest BCUT2D eigenvalue weighted by atomic mass is 32.2. The van der Waals surface area contributed by atoms with Crippen LogP contribution in [0.1, 0.15) is 13.8 Å². The van der Waals surface area contributed by atoms with Gasteiger partial charge in [-0.25, -0.2) is 4.79 Å². The molecule has 0 aromatic heterocycles. The summed E-state index contributed by atoms with van der Waals surface area (Å²) in [5, 5.41) is 0. The number of hydrogen-bond acceptors (Lipinski definition) is 6. The highest BCUT2D eigenvalue weighted by Gasteiger charge is 2.38. The molecule has 1 unspecified atom stereocenters. The van der Waals surface area contributed by atoms with Crippen LogP contribution in [0.2, 0.25) is 0 Å². The van der Waals surface area contributed by atoms with E-state index < -0.39 is 11.8 Å². The molecule has 1 heterocycles. The first-order chi connectivity index (χ1) is 13.5. The van der Waals surface area contributed by atoms with Crippen molar-refractivity contribution in [3.8, 4) is 0 Å². The quantitative estimate of drug-likeness (QED) is 0.269. The fourth-order valence-electron chi connectivity index (χ4n) is 2.76. The molecule has 0 amide bonds. The number of methoxy groups -OCH3 is 1. The molecule has 0 saturated carbocycles. The fourth-order valence-corrected chi connectivity index (χ4v) is 5.46. The molecule has 0 bridgehead atoms. The Morgan fingerprint density at radius 1 is 1.07 bits per heavy atom. The molecule has 3 rings (SSSR count). The number of rotatable bonds is 7. The first-order valence-corrected chi connectivity index (χ1v) is 10.8. The number of ether oxygens (including phenoxy) is 3. The average molecular weight is 417 g/mol. The van der Waals surface area contributed by atoms with Crippen molar-refractivity contribution in [2.75, 3.05) is 13.7 Å². The molecule has 2 aromatic rings. The second kappa shape index (κ2) is 9.65. The van der Waals surface area contributed by atoms with Crippen LogP contribution in [0.5, 0.6) is 0 Å². The lowest BCUT2D eigenvalue weighted by molar-refractivity contribution is -0.137. The zero-order chi connectivity index (χ0) is 20.0. The van der Waals surface area contributed by atoms with E-state index in [1.54, 1.807) is 29.6 Å². The van der Waals surface area contributed by atoms with Gasteiger partial charge in [-0.1, -0.05) is 36.4 Å². The van der Waals surface area contributed by atoms with Gasteiger partial charge in [0.05, 0.1) is 18.3 Å². The molecule has 1 atom stereocenters. The number of benzene rings is 2. The summed E-state index contributed by atoms with van der Waals surface area (Å²) in [7, 11) is 1.38. The third kappa shape index (κ3) is 5.88. The molecule has 4 nitrogen and oxygen atoms in total. The summed E-state index contributed by atoms with van der Waals surface area (Å²) in [4.78, 5) is 14.4. The SMILES string of the molecule is COC(=O)/C=C(\C1COC(C)(C)O1)C(Sc1ccccc1)Sc1ccccc1. The van der Waals surface area contributed by atoms with Crippen molar-refractivity contribution < 1.29 is 19.0 Å². The summed E-state index contributed by atoms with van der Waals surface area (Å²) < 4.78 is 16.7. The minimum atomic E-state index is -0.681. The van der Waals surface area contributed by atoms with Gasteiger partial charge in [-0.3, -0.25) is 0 Å². The lowest BCUT2D eigenvalue weighted by Crippen LogP contribution is -2.25. The molecular weight excluding hydrogens is 392 g/mol. The van der Waals surface area contributed by atoms with E-state index in [9.17, 15) is 4.79 Å². The van der Waals surface area contributed by atoms with E-state index in [-0.39, 0.29) is 10.7 Å². The molecule has 2 aromatic carbocycles. The Kier molecular flexibility index (Phi) is 7.24. The molecule has 1 aliphatic rings. The zero-order valence-electron chi connectivity index (χ0n) is 16.2. The summed E-state index contributed by atoms with van der Waals surface area (Å²) in [6.07, 6.45) is 1.23. The van der Waals surface area contributed by atoms with Gasteiger partial charge in [-0.15, -0.1) is 23.5 Å². The van der Waals surface area contributed by atoms with Crippen LogP contribution in [0.15, 0.2) is 82.1 Å². The molecule has 0 aliphatic carbocycles. The number of carbonyl (C=O) groups is 1. The maximum atomic E-state index is 12.1. The van der Waals surface area contributed by atoms with Crippen LogP contribution in [0.4, 0.5) is 0 Å². The second-order valence-corrected chi connectivity index (χ2v) is 9.33. The number of thioether (sulfide) groups is 2. The van der Waals surface area contributed by atoms with Crippen molar-refractivity contribution in [2.24, 2.45) is 0 Å². The van der Waals surface area contributed by atoms with Crippen LogP contribution in [0.25, 0.3) is 0 Å². The molecule has 148 valence electrons. The van der Waals surface area contributed by atoms with Crippen LogP contribution >= 0.6 is 23.5 Å². The van der Waals surface area contributed by atoms with Crippen LogP contribution in [0, 0.1) is 0 Å². The van der Waals surface area contributed by atoms with Gasteiger partial charge in [-0.05, 0) is 43.7 Å². The van der Waals surface area contributed by atoms with Crippen LogP contribution in [-0.4, -0.2) is 36.2 Å².